The molecule has 0 unspecified atom stereocenters. The first-order valence-electron chi connectivity index (χ1n) is 5.76. The van der Waals surface area contributed by atoms with Gasteiger partial charge in [0, 0.05) is 4.90 Å². The van der Waals surface area contributed by atoms with E-state index < -0.39 is 11.4 Å². The van der Waals surface area contributed by atoms with E-state index in [1.807, 2.05) is 0 Å². The Bertz CT molecular complexity index is 411. The fraction of sp³-hybridized carbons (Fsp3) is 0.500. The molecule has 0 bridgehead atoms. The summed E-state index contributed by atoms with van der Waals surface area (Å²) in [4.78, 5) is 12.2. The summed E-state index contributed by atoms with van der Waals surface area (Å²) in [5, 5.41) is 9.02. The van der Waals surface area contributed by atoms with Gasteiger partial charge in [0.05, 0.1) is 5.41 Å². The van der Waals surface area contributed by atoms with E-state index in [1.54, 1.807) is 25.6 Å². The molecule has 0 heterocycles. The third-order valence-electron chi connectivity index (χ3n) is 2.89. The normalized spacial score (nSPS) is 11.5. The molecule has 0 atom stereocenters. The van der Waals surface area contributed by atoms with Gasteiger partial charge in [-0.05, 0) is 51.5 Å². The SMILES string of the molecule is Cc1ccc(SCCC(C)(C)C(=O)O)c(C)c1. The average Bonchev–Trinajstić information content (AvgIpc) is 2.21. The van der Waals surface area contributed by atoms with Crippen molar-refractivity contribution in [3.63, 3.8) is 0 Å². The minimum absolute atomic E-state index is 0.633. The van der Waals surface area contributed by atoms with Crippen LogP contribution in [-0.2, 0) is 4.79 Å². The first-order valence-corrected chi connectivity index (χ1v) is 6.75. The highest BCUT2D eigenvalue weighted by Crippen LogP contribution is 2.28. The number of hydrogen-bond acceptors (Lipinski definition) is 2. The number of thioether (sulfide) groups is 1. The van der Waals surface area contributed by atoms with Crippen molar-refractivity contribution in [1.29, 1.82) is 0 Å². The van der Waals surface area contributed by atoms with Crippen molar-refractivity contribution < 1.29 is 9.90 Å². The summed E-state index contributed by atoms with van der Waals surface area (Å²) < 4.78 is 0. The zero-order valence-electron chi connectivity index (χ0n) is 10.9. The van der Waals surface area contributed by atoms with E-state index in [0.717, 1.165) is 5.75 Å². The second-order valence-electron chi connectivity index (χ2n) is 5.06. The fourth-order valence-electron chi connectivity index (χ4n) is 1.48. The third kappa shape index (κ3) is 4.08. The van der Waals surface area contributed by atoms with Gasteiger partial charge in [0.25, 0.3) is 0 Å². The van der Waals surface area contributed by atoms with Crippen LogP contribution in [0.15, 0.2) is 23.1 Å². The lowest BCUT2D eigenvalue weighted by molar-refractivity contribution is -0.146. The molecule has 0 amide bonds. The largest absolute Gasteiger partial charge is 0.481 e. The zero-order chi connectivity index (χ0) is 13.1. The van der Waals surface area contributed by atoms with Crippen LogP contribution >= 0.6 is 11.8 Å². The van der Waals surface area contributed by atoms with Crippen molar-refractivity contribution in [2.45, 2.75) is 39.0 Å². The molecule has 0 saturated carbocycles. The monoisotopic (exact) mass is 252 g/mol. The van der Waals surface area contributed by atoms with Crippen LogP contribution in [0.1, 0.15) is 31.4 Å². The Morgan fingerprint density at radius 1 is 1.35 bits per heavy atom. The van der Waals surface area contributed by atoms with Crippen LogP contribution in [0.4, 0.5) is 0 Å². The van der Waals surface area contributed by atoms with Crippen LogP contribution in [0.25, 0.3) is 0 Å². The molecule has 17 heavy (non-hydrogen) atoms. The fourth-order valence-corrected chi connectivity index (χ4v) is 2.77. The number of benzene rings is 1. The second kappa shape index (κ2) is 5.58. The maximum absolute atomic E-state index is 11.0. The number of aliphatic carboxylic acids is 1. The predicted octanol–water partition coefficient (Wildman–Crippen LogP) is 3.90. The lowest BCUT2D eigenvalue weighted by atomic mass is 9.91. The first-order chi connectivity index (χ1) is 7.83. The molecule has 0 fully saturated rings. The van der Waals surface area contributed by atoms with Gasteiger partial charge in [-0.25, -0.2) is 0 Å². The van der Waals surface area contributed by atoms with Gasteiger partial charge in [-0.1, -0.05) is 17.7 Å². The number of hydrogen-bond donors (Lipinski definition) is 1. The molecule has 0 spiro atoms. The number of carboxylic acids is 1. The number of rotatable bonds is 5. The average molecular weight is 252 g/mol. The Hall–Kier alpha value is -0.960. The maximum Gasteiger partial charge on any atom is 0.309 e. The molecule has 0 aliphatic heterocycles. The standard InChI is InChI=1S/C14H20O2S/c1-10-5-6-12(11(2)9-10)17-8-7-14(3,4)13(15)16/h5-6,9H,7-8H2,1-4H3,(H,15,16). The Morgan fingerprint density at radius 2 is 2.00 bits per heavy atom. The second-order valence-corrected chi connectivity index (χ2v) is 6.19. The molecule has 1 aromatic carbocycles. The van der Waals surface area contributed by atoms with Crippen LogP contribution in [0.3, 0.4) is 0 Å². The van der Waals surface area contributed by atoms with E-state index in [-0.39, 0.29) is 0 Å². The van der Waals surface area contributed by atoms with Crippen molar-refractivity contribution in [3.05, 3.63) is 29.3 Å². The lowest BCUT2D eigenvalue weighted by Gasteiger charge is -2.18. The molecule has 3 heteroatoms. The third-order valence-corrected chi connectivity index (χ3v) is 4.07. The Labute approximate surface area is 107 Å². The van der Waals surface area contributed by atoms with Crippen molar-refractivity contribution in [2.75, 3.05) is 5.75 Å². The summed E-state index contributed by atoms with van der Waals surface area (Å²) in [5.74, 6) is 0.113. The zero-order valence-corrected chi connectivity index (χ0v) is 11.7. The molecule has 0 aliphatic carbocycles. The van der Waals surface area contributed by atoms with Crippen molar-refractivity contribution in [3.8, 4) is 0 Å². The highest BCUT2D eigenvalue weighted by Gasteiger charge is 2.26. The van der Waals surface area contributed by atoms with Crippen LogP contribution in [0.5, 0.6) is 0 Å². The quantitative estimate of drug-likeness (QED) is 0.808. The van der Waals surface area contributed by atoms with E-state index in [1.165, 1.54) is 16.0 Å². The molecule has 0 radical (unpaired) electrons. The Balaban J connectivity index is 2.54. The van der Waals surface area contributed by atoms with Crippen molar-refractivity contribution >= 4 is 17.7 Å². The molecule has 1 rings (SSSR count). The number of aryl methyl sites for hydroxylation is 2. The molecular formula is C14H20O2S. The molecule has 2 nitrogen and oxygen atoms in total. The summed E-state index contributed by atoms with van der Waals surface area (Å²) in [6, 6.07) is 6.37. The lowest BCUT2D eigenvalue weighted by Crippen LogP contribution is -2.24. The van der Waals surface area contributed by atoms with Gasteiger partial charge in [0.2, 0.25) is 0 Å². The summed E-state index contributed by atoms with van der Waals surface area (Å²) in [5.41, 5.74) is 1.90. The molecular weight excluding hydrogens is 232 g/mol. The van der Waals surface area contributed by atoms with Gasteiger partial charge in [-0.3, -0.25) is 4.79 Å². The molecule has 0 aromatic heterocycles. The summed E-state index contributed by atoms with van der Waals surface area (Å²) in [6.07, 6.45) is 0.681. The summed E-state index contributed by atoms with van der Waals surface area (Å²) >= 11 is 1.74. The topological polar surface area (TPSA) is 37.3 Å². The smallest absolute Gasteiger partial charge is 0.309 e. The van der Waals surface area contributed by atoms with Gasteiger partial charge < -0.3 is 5.11 Å². The van der Waals surface area contributed by atoms with Crippen molar-refractivity contribution in [1.82, 2.24) is 0 Å². The van der Waals surface area contributed by atoms with Crippen LogP contribution < -0.4 is 0 Å². The minimum atomic E-state index is -0.723. The van der Waals surface area contributed by atoms with E-state index >= 15 is 0 Å². The predicted molar refractivity (Wildman–Crippen MR) is 72.7 cm³/mol. The molecule has 1 N–H and O–H groups in total. The van der Waals surface area contributed by atoms with Gasteiger partial charge in [0.15, 0.2) is 0 Å². The van der Waals surface area contributed by atoms with Gasteiger partial charge in [-0.2, -0.15) is 0 Å². The van der Waals surface area contributed by atoms with E-state index in [2.05, 4.69) is 32.0 Å². The highest BCUT2D eigenvalue weighted by atomic mass is 32.2. The highest BCUT2D eigenvalue weighted by molar-refractivity contribution is 7.99. The first kappa shape index (κ1) is 14.1. The number of carbonyl (C=O) groups is 1. The Kier molecular flexibility index (Phi) is 4.63. The van der Waals surface area contributed by atoms with Gasteiger partial charge in [0.1, 0.15) is 0 Å². The van der Waals surface area contributed by atoms with E-state index in [9.17, 15) is 4.79 Å². The number of carboxylic acid groups (broad SMARTS) is 1. The summed E-state index contributed by atoms with van der Waals surface area (Å²) in [6.45, 7) is 7.72. The van der Waals surface area contributed by atoms with Crippen LogP contribution in [0, 0.1) is 19.3 Å². The van der Waals surface area contributed by atoms with Gasteiger partial charge in [-0.15, -0.1) is 11.8 Å². The van der Waals surface area contributed by atoms with E-state index in [4.69, 9.17) is 5.11 Å². The van der Waals surface area contributed by atoms with Gasteiger partial charge >= 0.3 is 5.97 Å². The van der Waals surface area contributed by atoms with E-state index in [0.29, 0.717) is 6.42 Å². The van der Waals surface area contributed by atoms with Crippen LogP contribution in [0.2, 0.25) is 0 Å². The molecule has 1 aromatic rings. The molecule has 0 aliphatic rings. The maximum atomic E-state index is 11.0. The van der Waals surface area contributed by atoms with Crippen LogP contribution in [-0.4, -0.2) is 16.8 Å². The minimum Gasteiger partial charge on any atom is -0.481 e. The molecule has 0 saturated heterocycles. The Morgan fingerprint density at radius 3 is 2.53 bits per heavy atom. The van der Waals surface area contributed by atoms with Crippen molar-refractivity contribution in [2.24, 2.45) is 5.41 Å². The summed E-state index contributed by atoms with van der Waals surface area (Å²) in [7, 11) is 0. The molecule has 94 valence electrons.